The molecule has 2 heterocycles. The number of benzene rings is 2. The summed E-state index contributed by atoms with van der Waals surface area (Å²) in [7, 11) is -3.89. The fourth-order valence-electron chi connectivity index (χ4n) is 6.41. The van der Waals surface area contributed by atoms with Crippen LogP contribution in [0, 0.1) is 18.3 Å². The Balaban J connectivity index is 1.27. The van der Waals surface area contributed by atoms with E-state index in [-0.39, 0.29) is 19.4 Å². The first-order chi connectivity index (χ1) is 24.1. The Morgan fingerprint density at radius 2 is 1.76 bits per heavy atom. The highest BCUT2D eigenvalue weighted by Crippen LogP contribution is 2.45. The van der Waals surface area contributed by atoms with Crippen LogP contribution >= 0.6 is 0 Å². The predicted molar refractivity (Wildman–Crippen MR) is 189 cm³/mol. The molecule has 3 aliphatic rings. The minimum absolute atomic E-state index is 0.0317. The summed E-state index contributed by atoms with van der Waals surface area (Å²) < 4.78 is 39.3. The van der Waals surface area contributed by atoms with Crippen molar-refractivity contribution in [1.29, 1.82) is 0 Å². The van der Waals surface area contributed by atoms with Crippen molar-refractivity contribution >= 4 is 44.6 Å². The molecule has 0 radical (unpaired) electrons. The number of carbonyl (C=O) groups is 4. The molecule has 14 heteroatoms. The molecule has 3 fully saturated rings. The first-order valence-electron chi connectivity index (χ1n) is 17.0. The van der Waals surface area contributed by atoms with Gasteiger partial charge in [-0.1, -0.05) is 62.7 Å². The standard InChI is InChI=1S/C37H43N5O8S/c1-6-24-20-37(24,34(45)41-51(47,48)27-15-16-27)40-31(43)29-19-26(49-32-28-10-8-7-9-23(28)17-18-38-32)21-42(29)33(44)30(36(3,4)5)39-35(46)50-25-13-11-22(2)12-14-25/h6-14,17-18,24,26-27,29-30H,1,15-16,19-21H2,2-5H3,(H,39,46)(H,40,43)(H,41,45). The SMILES string of the molecule is C=CC1CC1(NC(=O)C1CC(Oc2nccc3ccccc23)CN1C(=O)C(NC(=O)Oc1ccc(C)cc1)C(C)(C)C)C(=O)NS(=O)(=O)C1CC1. The first-order valence-corrected chi connectivity index (χ1v) is 18.5. The van der Waals surface area contributed by atoms with Crippen LogP contribution in [0.4, 0.5) is 4.79 Å². The number of hydrogen-bond acceptors (Lipinski definition) is 9. The fraction of sp³-hybridized carbons (Fsp3) is 0.432. The summed E-state index contributed by atoms with van der Waals surface area (Å²) in [4.78, 5) is 61.0. The lowest BCUT2D eigenvalue weighted by Crippen LogP contribution is -2.60. The normalized spacial score (nSPS) is 23.5. The minimum Gasteiger partial charge on any atom is -0.472 e. The lowest BCUT2D eigenvalue weighted by atomic mass is 9.85. The quantitative estimate of drug-likeness (QED) is 0.250. The van der Waals surface area contributed by atoms with Crippen LogP contribution in [-0.4, -0.2) is 77.6 Å². The molecule has 270 valence electrons. The van der Waals surface area contributed by atoms with E-state index in [9.17, 15) is 27.6 Å². The van der Waals surface area contributed by atoms with Gasteiger partial charge in [0.1, 0.15) is 29.5 Å². The van der Waals surface area contributed by atoms with Crippen LogP contribution in [0.2, 0.25) is 0 Å². The van der Waals surface area contributed by atoms with Gasteiger partial charge in [-0.2, -0.15) is 0 Å². The molecule has 51 heavy (non-hydrogen) atoms. The zero-order valence-electron chi connectivity index (χ0n) is 29.0. The number of nitrogens with zero attached hydrogens (tertiary/aromatic N) is 2. The van der Waals surface area contributed by atoms with Crippen molar-refractivity contribution in [3.8, 4) is 11.6 Å². The van der Waals surface area contributed by atoms with Crippen molar-refractivity contribution in [2.75, 3.05) is 6.54 Å². The number of pyridine rings is 1. The Hall–Kier alpha value is -4.98. The highest BCUT2D eigenvalue weighted by atomic mass is 32.2. The molecule has 1 aromatic heterocycles. The van der Waals surface area contributed by atoms with E-state index >= 15 is 0 Å². The number of fused-ring (bicyclic) bond motifs is 1. The van der Waals surface area contributed by atoms with Gasteiger partial charge in [-0.25, -0.2) is 18.2 Å². The Morgan fingerprint density at radius 3 is 2.41 bits per heavy atom. The number of hydrogen-bond donors (Lipinski definition) is 3. The van der Waals surface area contributed by atoms with Crippen molar-refractivity contribution in [3.05, 3.63) is 79.0 Å². The Morgan fingerprint density at radius 1 is 1.06 bits per heavy atom. The van der Waals surface area contributed by atoms with Crippen LogP contribution in [0.3, 0.4) is 0 Å². The summed E-state index contributed by atoms with van der Waals surface area (Å²) in [6.45, 7) is 11.0. The Kier molecular flexibility index (Phi) is 9.57. The van der Waals surface area contributed by atoms with E-state index in [1.165, 1.54) is 11.0 Å². The van der Waals surface area contributed by atoms with E-state index in [4.69, 9.17) is 9.47 Å². The molecular formula is C37H43N5O8S. The molecule has 5 unspecified atom stereocenters. The van der Waals surface area contributed by atoms with Gasteiger partial charge >= 0.3 is 6.09 Å². The molecule has 0 spiro atoms. The fourth-order valence-corrected chi connectivity index (χ4v) is 7.78. The molecule has 0 bridgehead atoms. The molecule has 2 aromatic carbocycles. The maximum atomic E-state index is 14.5. The molecule has 6 rings (SSSR count). The van der Waals surface area contributed by atoms with E-state index in [2.05, 4.69) is 26.9 Å². The third kappa shape index (κ3) is 7.70. The second-order valence-corrected chi connectivity index (χ2v) is 16.6. The van der Waals surface area contributed by atoms with Crippen LogP contribution in [0.25, 0.3) is 10.8 Å². The topological polar surface area (TPSA) is 173 Å². The van der Waals surface area contributed by atoms with Crippen LogP contribution in [0.5, 0.6) is 11.6 Å². The van der Waals surface area contributed by atoms with Gasteiger partial charge in [0, 0.05) is 23.9 Å². The van der Waals surface area contributed by atoms with E-state index < -0.39 is 74.1 Å². The number of ether oxygens (including phenoxy) is 2. The van der Waals surface area contributed by atoms with Gasteiger partial charge in [-0.15, -0.1) is 6.58 Å². The first kappa shape index (κ1) is 35.8. The van der Waals surface area contributed by atoms with E-state index in [1.54, 1.807) is 51.2 Å². The lowest BCUT2D eigenvalue weighted by molar-refractivity contribution is -0.142. The molecule has 13 nitrogen and oxygen atoms in total. The number of carbonyl (C=O) groups excluding carboxylic acids is 4. The predicted octanol–water partition coefficient (Wildman–Crippen LogP) is 3.76. The third-order valence-corrected chi connectivity index (χ3v) is 11.4. The van der Waals surface area contributed by atoms with Crippen LogP contribution in [-0.2, 0) is 24.4 Å². The van der Waals surface area contributed by atoms with Crippen molar-refractivity contribution in [3.63, 3.8) is 0 Å². The molecule has 2 aliphatic carbocycles. The molecule has 5 atom stereocenters. The van der Waals surface area contributed by atoms with E-state index in [0.717, 1.165) is 16.3 Å². The summed E-state index contributed by atoms with van der Waals surface area (Å²) >= 11 is 0. The molecule has 3 N–H and O–H groups in total. The summed E-state index contributed by atoms with van der Waals surface area (Å²) in [6, 6.07) is 13.9. The van der Waals surface area contributed by atoms with Crippen LogP contribution in [0.1, 0.15) is 52.0 Å². The highest BCUT2D eigenvalue weighted by molar-refractivity contribution is 7.91. The smallest absolute Gasteiger partial charge is 0.413 e. The summed E-state index contributed by atoms with van der Waals surface area (Å²) in [5.74, 6) is -1.97. The second kappa shape index (κ2) is 13.6. The van der Waals surface area contributed by atoms with Crippen molar-refractivity contribution in [2.24, 2.45) is 11.3 Å². The summed E-state index contributed by atoms with van der Waals surface area (Å²) in [5.41, 5.74) is -1.40. The average Bonchev–Trinajstić information content (AvgIpc) is 4.01. The number of sulfonamides is 1. The Labute approximate surface area is 297 Å². The van der Waals surface area contributed by atoms with Crippen LogP contribution < -0.4 is 24.8 Å². The average molecular weight is 718 g/mol. The highest BCUT2D eigenvalue weighted by Gasteiger charge is 2.62. The van der Waals surface area contributed by atoms with Crippen molar-refractivity contribution in [1.82, 2.24) is 25.2 Å². The summed E-state index contributed by atoms with van der Waals surface area (Å²) in [5, 5.41) is 6.49. The van der Waals surface area contributed by atoms with Gasteiger partial charge in [0.2, 0.25) is 27.7 Å². The van der Waals surface area contributed by atoms with E-state index in [1.807, 2.05) is 37.3 Å². The van der Waals surface area contributed by atoms with Crippen molar-refractivity contribution < 1.29 is 37.1 Å². The van der Waals surface area contributed by atoms with Gasteiger partial charge in [0.05, 0.1) is 11.8 Å². The van der Waals surface area contributed by atoms with Crippen LogP contribution in [0.15, 0.2) is 73.4 Å². The van der Waals surface area contributed by atoms with E-state index in [0.29, 0.717) is 24.5 Å². The third-order valence-electron chi connectivity index (χ3n) is 9.62. The minimum atomic E-state index is -3.89. The van der Waals surface area contributed by atoms with Gasteiger partial charge in [0.15, 0.2) is 0 Å². The zero-order chi connectivity index (χ0) is 36.7. The molecule has 2 saturated carbocycles. The number of rotatable bonds is 11. The number of likely N-dealkylation sites (tertiary alicyclic amines) is 1. The molecular weight excluding hydrogens is 675 g/mol. The molecule has 1 aliphatic heterocycles. The number of nitrogens with one attached hydrogen (secondary N) is 3. The molecule has 1 saturated heterocycles. The summed E-state index contributed by atoms with van der Waals surface area (Å²) in [6.07, 6.45) is 2.66. The maximum Gasteiger partial charge on any atom is 0.413 e. The molecule has 4 amide bonds. The monoisotopic (exact) mass is 717 g/mol. The van der Waals surface area contributed by atoms with Gasteiger partial charge in [-0.05, 0) is 61.3 Å². The molecule has 3 aromatic rings. The van der Waals surface area contributed by atoms with Gasteiger partial charge < -0.3 is 25.0 Å². The zero-order valence-corrected chi connectivity index (χ0v) is 29.9. The van der Waals surface area contributed by atoms with Crippen molar-refractivity contribution in [2.45, 2.75) is 82.4 Å². The van der Waals surface area contributed by atoms with Gasteiger partial charge in [0.25, 0.3) is 5.91 Å². The number of amides is 4. The largest absolute Gasteiger partial charge is 0.472 e. The van der Waals surface area contributed by atoms with Gasteiger partial charge in [-0.3, -0.25) is 19.1 Å². The number of aromatic nitrogens is 1. The second-order valence-electron chi connectivity index (χ2n) is 14.6. The number of aryl methyl sites for hydroxylation is 1. The lowest BCUT2D eigenvalue weighted by Gasteiger charge is -2.35. The maximum absolute atomic E-state index is 14.5. The Bertz CT molecular complexity index is 1970.